The van der Waals surface area contributed by atoms with E-state index in [-0.39, 0.29) is 22.8 Å². The molecule has 0 radical (unpaired) electrons. The molecule has 0 unspecified atom stereocenters. The Bertz CT molecular complexity index is 526. The van der Waals surface area contributed by atoms with Gasteiger partial charge in [-0.3, -0.25) is 14.6 Å². The van der Waals surface area contributed by atoms with Crippen molar-refractivity contribution in [1.29, 1.82) is 0 Å². The minimum absolute atomic E-state index is 0.0610. The van der Waals surface area contributed by atoms with Gasteiger partial charge in [0.15, 0.2) is 0 Å². The summed E-state index contributed by atoms with van der Waals surface area (Å²) in [4.78, 5) is 28.0. The van der Waals surface area contributed by atoms with E-state index in [0.717, 1.165) is 5.56 Å². The van der Waals surface area contributed by atoms with Gasteiger partial charge in [0.05, 0.1) is 6.54 Å². The van der Waals surface area contributed by atoms with Gasteiger partial charge in [0.25, 0.3) is 0 Å². The highest BCUT2D eigenvalue weighted by molar-refractivity contribution is 6.16. The van der Waals surface area contributed by atoms with Crippen LogP contribution < -0.4 is 0 Å². The Morgan fingerprint density at radius 3 is 2.30 bits per heavy atom. The van der Waals surface area contributed by atoms with Crippen LogP contribution in [0.1, 0.15) is 32.3 Å². The number of hydrogen-bond donors (Lipinski definition) is 0. The van der Waals surface area contributed by atoms with Gasteiger partial charge in [0.2, 0.25) is 0 Å². The molecular formula is C16H18FNO2. The van der Waals surface area contributed by atoms with Crippen molar-refractivity contribution in [3.05, 3.63) is 35.6 Å². The zero-order valence-corrected chi connectivity index (χ0v) is 11.7. The highest BCUT2D eigenvalue weighted by atomic mass is 19.1. The van der Waals surface area contributed by atoms with Crippen LogP contribution in [0.5, 0.6) is 0 Å². The molecule has 0 heterocycles. The van der Waals surface area contributed by atoms with E-state index >= 15 is 0 Å². The molecule has 0 aromatic heterocycles. The van der Waals surface area contributed by atoms with Crippen molar-refractivity contribution in [2.75, 3.05) is 0 Å². The lowest BCUT2D eigenvalue weighted by Gasteiger charge is -2.30. The van der Waals surface area contributed by atoms with Crippen LogP contribution in [0.15, 0.2) is 29.3 Å². The summed E-state index contributed by atoms with van der Waals surface area (Å²) < 4.78 is 12.7. The fraction of sp³-hybridized carbons (Fsp3) is 0.438. The molecule has 0 aliphatic heterocycles. The third kappa shape index (κ3) is 3.59. The summed E-state index contributed by atoms with van der Waals surface area (Å²) in [5.41, 5.74) is 0.605. The summed E-state index contributed by atoms with van der Waals surface area (Å²) in [5.74, 6) is -1.12. The summed E-state index contributed by atoms with van der Waals surface area (Å²) in [6.45, 7) is 4.20. The maximum atomic E-state index is 12.7. The van der Waals surface area contributed by atoms with E-state index in [0.29, 0.717) is 19.4 Å². The predicted molar refractivity (Wildman–Crippen MR) is 75.1 cm³/mol. The molecule has 0 N–H and O–H groups in total. The number of ketones is 2. The second-order valence-electron chi connectivity index (χ2n) is 6.04. The summed E-state index contributed by atoms with van der Waals surface area (Å²) in [7, 11) is 0. The summed E-state index contributed by atoms with van der Waals surface area (Å²) in [6.07, 6.45) is 2.27. The standard InChI is InChI=1S/C16H18FNO2/c1-16(2)7-14(19)13(15(20)8-16)10-18-9-11-3-5-12(17)6-4-11/h3-6,10,13H,7-9H2,1-2H3. The van der Waals surface area contributed by atoms with Crippen LogP contribution in [-0.2, 0) is 16.1 Å². The Hall–Kier alpha value is -1.84. The zero-order valence-electron chi connectivity index (χ0n) is 11.7. The number of nitrogens with zero attached hydrogens (tertiary/aromatic N) is 1. The van der Waals surface area contributed by atoms with Gasteiger partial charge in [-0.25, -0.2) is 4.39 Å². The number of aliphatic imine (C=N–C) groups is 1. The van der Waals surface area contributed by atoms with Crippen LogP contribution >= 0.6 is 0 Å². The molecule has 0 saturated heterocycles. The van der Waals surface area contributed by atoms with Gasteiger partial charge in [-0.05, 0) is 23.1 Å². The normalized spacial score (nSPS) is 19.8. The topological polar surface area (TPSA) is 46.5 Å². The number of carbonyl (C=O) groups is 2. The molecule has 3 nitrogen and oxygen atoms in total. The number of benzene rings is 1. The number of carbonyl (C=O) groups excluding carboxylic acids is 2. The highest BCUT2D eigenvalue weighted by Gasteiger charge is 2.38. The Kier molecular flexibility index (Phi) is 4.12. The second-order valence-corrected chi connectivity index (χ2v) is 6.04. The average Bonchev–Trinajstić information content (AvgIpc) is 2.33. The molecule has 0 amide bonds. The number of rotatable bonds is 3. The number of halogens is 1. The van der Waals surface area contributed by atoms with E-state index < -0.39 is 5.92 Å². The van der Waals surface area contributed by atoms with Crippen LogP contribution in [0.2, 0.25) is 0 Å². The first kappa shape index (κ1) is 14.6. The molecule has 106 valence electrons. The third-order valence-corrected chi connectivity index (χ3v) is 3.44. The molecule has 0 spiro atoms. The van der Waals surface area contributed by atoms with Crippen LogP contribution in [0.25, 0.3) is 0 Å². The molecule has 1 aliphatic carbocycles. The summed E-state index contributed by atoms with van der Waals surface area (Å²) >= 11 is 0. The maximum absolute atomic E-state index is 12.7. The van der Waals surface area contributed by atoms with Gasteiger partial charge < -0.3 is 0 Å². The molecule has 1 saturated carbocycles. The third-order valence-electron chi connectivity index (χ3n) is 3.44. The van der Waals surface area contributed by atoms with Gasteiger partial charge in [0.1, 0.15) is 23.3 Å². The van der Waals surface area contributed by atoms with E-state index in [1.54, 1.807) is 12.1 Å². The van der Waals surface area contributed by atoms with E-state index in [1.807, 2.05) is 13.8 Å². The van der Waals surface area contributed by atoms with Gasteiger partial charge in [-0.15, -0.1) is 0 Å². The van der Waals surface area contributed by atoms with Crippen molar-refractivity contribution in [2.24, 2.45) is 16.3 Å². The first-order valence-corrected chi connectivity index (χ1v) is 6.67. The van der Waals surface area contributed by atoms with E-state index in [9.17, 15) is 14.0 Å². The van der Waals surface area contributed by atoms with Crippen LogP contribution in [0, 0.1) is 17.2 Å². The first-order valence-electron chi connectivity index (χ1n) is 6.67. The van der Waals surface area contributed by atoms with E-state index in [2.05, 4.69) is 4.99 Å². The Morgan fingerprint density at radius 1 is 1.20 bits per heavy atom. The predicted octanol–water partition coefficient (Wildman–Crippen LogP) is 2.97. The number of hydrogen-bond acceptors (Lipinski definition) is 3. The Morgan fingerprint density at radius 2 is 1.75 bits per heavy atom. The minimum Gasteiger partial charge on any atom is -0.298 e. The van der Waals surface area contributed by atoms with Crippen LogP contribution in [-0.4, -0.2) is 17.8 Å². The van der Waals surface area contributed by atoms with Gasteiger partial charge in [0, 0.05) is 19.1 Å². The van der Waals surface area contributed by atoms with Crippen molar-refractivity contribution in [1.82, 2.24) is 0 Å². The molecule has 0 atom stereocenters. The quantitative estimate of drug-likeness (QED) is 0.629. The second kappa shape index (κ2) is 5.65. The molecule has 1 aliphatic rings. The monoisotopic (exact) mass is 275 g/mol. The molecule has 20 heavy (non-hydrogen) atoms. The fourth-order valence-electron chi connectivity index (χ4n) is 2.42. The Balaban J connectivity index is 1.99. The van der Waals surface area contributed by atoms with E-state index in [1.165, 1.54) is 18.3 Å². The molecular weight excluding hydrogens is 257 g/mol. The smallest absolute Gasteiger partial charge is 0.149 e. The lowest BCUT2D eigenvalue weighted by atomic mass is 9.72. The molecule has 1 fully saturated rings. The lowest BCUT2D eigenvalue weighted by molar-refractivity contribution is -0.136. The van der Waals surface area contributed by atoms with Crippen molar-refractivity contribution in [2.45, 2.75) is 33.2 Å². The minimum atomic E-state index is -0.705. The largest absolute Gasteiger partial charge is 0.298 e. The van der Waals surface area contributed by atoms with Crippen molar-refractivity contribution in [3.63, 3.8) is 0 Å². The average molecular weight is 275 g/mol. The highest BCUT2D eigenvalue weighted by Crippen LogP contribution is 2.33. The first-order chi connectivity index (χ1) is 9.37. The van der Waals surface area contributed by atoms with E-state index in [4.69, 9.17) is 0 Å². The summed E-state index contributed by atoms with van der Waals surface area (Å²) in [6, 6.07) is 6.01. The molecule has 1 aromatic carbocycles. The zero-order chi connectivity index (χ0) is 14.8. The molecule has 0 bridgehead atoms. The van der Waals surface area contributed by atoms with Crippen molar-refractivity contribution < 1.29 is 14.0 Å². The molecule has 1 aromatic rings. The lowest BCUT2D eigenvalue weighted by Crippen LogP contribution is -2.38. The van der Waals surface area contributed by atoms with Crippen molar-refractivity contribution in [3.8, 4) is 0 Å². The molecule has 4 heteroatoms. The fourth-order valence-corrected chi connectivity index (χ4v) is 2.42. The van der Waals surface area contributed by atoms with Gasteiger partial charge in [-0.2, -0.15) is 0 Å². The maximum Gasteiger partial charge on any atom is 0.149 e. The van der Waals surface area contributed by atoms with Gasteiger partial charge in [-0.1, -0.05) is 26.0 Å². The number of Topliss-reactive ketones (excluding diaryl/α,β-unsaturated/α-hetero) is 2. The Labute approximate surface area is 117 Å². The van der Waals surface area contributed by atoms with Crippen LogP contribution in [0.4, 0.5) is 4.39 Å². The summed E-state index contributed by atoms with van der Waals surface area (Å²) in [5, 5.41) is 0. The van der Waals surface area contributed by atoms with Crippen molar-refractivity contribution >= 4 is 17.8 Å². The SMILES string of the molecule is CC1(C)CC(=O)C(C=NCc2ccc(F)cc2)C(=O)C1. The molecule has 2 rings (SSSR count). The van der Waals surface area contributed by atoms with Crippen LogP contribution in [0.3, 0.4) is 0 Å². The van der Waals surface area contributed by atoms with Gasteiger partial charge >= 0.3 is 0 Å².